The molecule has 1 atom stereocenters. The van der Waals surface area contributed by atoms with Crippen LogP contribution in [0.1, 0.15) is 35.5 Å². The molecule has 0 spiro atoms. The minimum Gasteiger partial charge on any atom is -0.383 e. The van der Waals surface area contributed by atoms with Crippen LogP contribution in [-0.2, 0) is 12.6 Å². The van der Waals surface area contributed by atoms with Gasteiger partial charge in [0.25, 0.3) is 0 Å². The van der Waals surface area contributed by atoms with E-state index in [-0.39, 0.29) is 11.8 Å². The molecule has 0 amide bonds. The van der Waals surface area contributed by atoms with Gasteiger partial charge >= 0.3 is 12.4 Å². The van der Waals surface area contributed by atoms with E-state index in [2.05, 4.69) is 10.1 Å². The molecule has 30 heavy (non-hydrogen) atoms. The first-order chi connectivity index (χ1) is 13.8. The fourth-order valence-electron chi connectivity index (χ4n) is 3.06. The van der Waals surface area contributed by atoms with Crippen LogP contribution in [0, 0.1) is 6.92 Å². The minimum atomic E-state index is -5.43. The Morgan fingerprint density at radius 1 is 1.13 bits per heavy atom. The zero-order valence-corrected chi connectivity index (χ0v) is 16.2. The van der Waals surface area contributed by atoms with Gasteiger partial charge in [0.1, 0.15) is 5.82 Å². The Morgan fingerprint density at radius 3 is 2.30 bits per heavy atom. The minimum absolute atomic E-state index is 0.00244. The Morgan fingerprint density at radius 2 is 1.77 bits per heavy atom. The van der Waals surface area contributed by atoms with Gasteiger partial charge in [-0.25, -0.2) is 14.1 Å². The number of pyridine rings is 1. The van der Waals surface area contributed by atoms with Crippen LogP contribution >= 0.6 is 11.6 Å². The molecule has 0 saturated heterocycles. The van der Waals surface area contributed by atoms with Crippen LogP contribution in [0.2, 0.25) is 5.02 Å². The lowest BCUT2D eigenvalue weighted by molar-refractivity contribution is -0.184. The molecule has 3 aromatic rings. The molecule has 162 valence electrons. The summed E-state index contributed by atoms with van der Waals surface area (Å²) in [6.45, 7) is 3.58. The highest BCUT2D eigenvalue weighted by Gasteiger charge is 2.45. The number of rotatable bonds is 3. The van der Waals surface area contributed by atoms with Crippen LogP contribution in [0.15, 0.2) is 18.2 Å². The molecule has 0 saturated carbocycles. The Balaban J connectivity index is 2.33. The van der Waals surface area contributed by atoms with E-state index in [1.54, 1.807) is 13.0 Å². The van der Waals surface area contributed by atoms with Gasteiger partial charge in [0, 0.05) is 5.02 Å². The van der Waals surface area contributed by atoms with E-state index in [4.69, 9.17) is 17.3 Å². The summed E-state index contributed by atoms with van der Waals surface area (Å²) in [5.74, 6) is -0.513. The van der Waals surface area contributed by atoms with E-state index in [1.165, 1.54) is 6.07 Å². The number of hydrogen-bond donors (Lipinski definition) is 1. The second kappa shape index (κ2) is 7.29. The highest BCUT2D eigenvalue weighted by atomic mass is 35.5. The molecule has 0 radical (unpaired) electrons. The summed E-state index contributed by atoms with van der Waals surface area (Å²) < 4.78 is 93.4. The maximum atomic E-state index is 13.7. The number of nitrogens with zero attached hydrogens (tertiary/aromatic N) is 3. The van der Waals surface area contributed by atoms with Crippen LogP contribution in [0.5, 0.6) is 0 Å². The molecular weight excluding hydrogens is 441 g/mol. The van der Waals surface area contributed by atoms with E-state index in [0.29, 0.717) is 11.4 Å². The van der Waals surface area contributed by atoms with Gasteiger partial charge in [-0.3, -0.25) is 0 Å². The van der Waals surface area contributed by atoms with Crippen molar-refractivity contribution in [1.29, 1.82) is 0 Å². The number of halogens is 8. The summed E-state index contributed by atoms with van der Waals surface area (Å²) >= 11 is 6.17. The number of nitrogen functional groups attached to an aromatic ring is 1. The van der Waals surface area contributed by atoms with Crippen molar-refractivity contribution in [3.63, 3.8) is 0 Å². The molecule has 12 heteroatoms. The Hall–Kier alpha value is -2.56. The molecule has 0 fully saturated rings. The predicted molar refractivity (Wildman–Crippen MR) is 97.3 cm³/mol. The SMILES string of the molecule is CCc1cc(-n2nc3nc(C(F)C(F)(F)F)cc(C(F)(F)F)c3c2N)cc(Cl)c1C. The number of aryl methyl sites for hydroxylation is 1. The summed E-state index contributed by atoms with van der Waals surface area (Å²) in [4.78, 5) is 3.37. The second-order valence-corrected chi connectivity index (χ2v) is 6.96. The van der Waals surface area contributed by atoms with Crippen molar-refractivity contribution < 1.29 is 30.7 Å². The zero-order chi connectivity index (χ0) is 22.6. The van der Waals surface area contributed by atoms with Gasteiger partial charge in [-0.1, -0.05) is 18.5 Å². The summed E-state index contributed by atoms with van der Waals surface area (Å²) in [7, 11) is 0. The fraction of sp³-hybridized carbons (Fsp3) is 0.333. The molecule has 0 aliphatic carbocycles. The first kappa shape index (κ1) is 22.1. The lowest BCUT2D eigenvalue weighted by atomic mass is 10.1. The first-order valence-electron chi connectivity index (χ1n) is 8.52. The molecule has 0 aliphatic rings. The van der Waals surface area contributed by atoms with Crippen LogP contribution in [-0.4, -0.2) is 20.9 Å². The number of benzene rings is 1. The quantitative estimate of drug-likeness (QED) is 0.485. The zero-order valence-electron chi connectivity index (χ0n) is 15.5. The fourth-order valence-corrected chi connectivity index (χ4v) is 3.29. The second-order valence-electron chi connectivity index (χ2n) is 6.56. The largest absolute Gasteiger partial charge is 0.425 e. The van der Waals surface area contributed by atoms with Crippen LogP contribution in [0.3, 0.4) is 0 Å². The lowest BCUT2D eigenvalue weighted by Gasteiger charge is -2.14. The van der Waals surface area contributed by atoms with Gasteiger partial charge in [-0.15, -0.1) is 5.10 Å². The maximum absolute atomic E-state index is 13.7. The van der Waals surface area contributed by atoms with E-state index in [9.17, 15) is 30.7 Å². The molecule has 2 N–H and O–H groups in total. The van der Waals surface area contributed by atoms with Gasteiger partial charge in [0.2, 0.25) is 6.17 Å². The van der Waals surface area contributed by atoms with Crippen LogP contribution in [0.4, 0.5) is 36.6 Å². The Labute approximate surface area is 170 Å². The molecule has 0 bridgehead atoms. The van der Waals surface area contributed by atoms with E-state index < -0.39 is 46.6 Å². The van der Waals surface area contributed by atoms with Crippen molar-refractivity contribution in [2.24, 2.45) is 0 Å². The van der Waals surface area contributed by atoms with Crippen molar-refractivity contribution in [2.75, 3.05) is 5.73 Å². The average molecular weight is 455 g/mol. The third-order valence-electron chi connectivity index (χ3n) is 4.61. The number of hydrogen-bond acceptors (Lipinski definition) is 3. The van der Waals surface area contributed by atoms with Crippen LogP contribution in [0.25, 0.3) is 16.7 Å². The Kier molecular flexibility index (Phi) is 5.38. The van der Waals surface area contributed by atoms with E-state index in [1.807, 2.05) is 6.92 Å². The van der Waals surface area contributed by atoms with Gasteiger partial charge < -0.3 is 5.73 Å². The summed E-state index contributed by atoms with van der Waals surface area (Å²) in [5, 5.41) is 3.39. The third-order valence-corrected chi connectivity index (χ3v) is 5.01. The van der Waals surface area contributed by atoms with Gasteiger partial charge in [-0.05, 0) is 42.7 Å². The molecule has 3 rings (SSSR count). The molecule has 2 heterocycles. The van der Waals surface area contributed by atoms with Gasteiger partial charge in [-0.2, -0.15) is 26.3 Å². The third kappa shape index (κ3) is 3.78. The lowest BCUT2D eigenvalue weighted by Crippen LogP contribution is -2.19. The van der Waals surface area contributed by atoms with E-state index in [0.717, 1.165) is 15.8 Å². The first-order valence-corrected chi connectivity index (χ1v) is 8.90. The van der Waals surface area contributed by atoms with Crippen molar-refractivity contribution in [3.8, 4) is 5.69 Å². The number of aromatic nitrogens is 3. The predicted octanol–water partition coefficient (Wildman–Crippen LogP) is 6.12. The van der Waals surface area contributed by atoms with Gasteiger partial charge in [0.15, 0.2) is 5.65 Å². The molecule has 1 unspecified atom stereocenters. The summed E-state index contributed by atoms with van der Waals surface area (Å²) in [5.41, 5.74) is 3.79. The Bertz CT molecular complexity index is 1120. The van der Waals surface area contributed by atoms with Crippen molar-refractivity contribution >= 4 is 28.5 Å². The number of anilines is 1. The number of nitrogens with two attached hydrogens (primary N) is 1. The molecular formula is C18H14ClF7N4. The molecule has 2 aromatic heterocycles. The standard InChI is InChI=1S/C18H14ClF7N4/c1-3-8-4-9(5-11(19)7(8)2)30-15(27)13-10(17(21,22)23)6-12(28-16(13)29-30)14(20)18(24,25)26/h4-6,14H,3,27H2,1-2H3. The van der Waals surface area contributed by atoms with Crippen LogP contribution < -0.4 is 5.73 Å². The highest BCUT2D eigenvalue weighted by molar-refractivity contribution is 6.31. The molecule has 0 aliphatic heterocycles. The monoisotopic (exact) mass is 454 g/mol. The summed E-state index contributed by atoms with van der Waals surface area (Å²) in [6.07, 6.45) is -13.7. The number of fused-ring (bicyclic) bond motifs is 1. The normalized spacial score (nSPS) is 13.8. The van der Waals surface area contributed by atoms with E-state index >= 15 is 0 Å². The topological polar surface area (TPSA) is 56.7 Å². The van der Waals surface area contributed by atoms with Crippen molar-refractivity contribution in [2.45, 2.75) is 38.8 Å². The summed E-state index contributed by atoms with van der Waals surface area (Å²) in [6, 6.07) is 2.99. The van der Waals surface area contributed by atoms with Gasteiger partial charge in [0.05, 0.1) is 22.3 Å². The molecule has 4 nitrogen and oxygen atoms in total. The van der Waals surface area contributed by atoms with Crippen molar-refractivity contribution in [1.82, 2.24) is 14.8 Å². The maximum Gasteiger partial charge on any atom is 0.425 e. The number of alkyl halides is 7. The van der Waals surface area contributed by atoms with Crippen molar-refractivity contribution in [3.05, 3.63) is 45.6 Å². The smallest absolute Gasteiger partial charge is 0.383 e. The average Bonchev–Trinajstić information content (AvgIpc) is 2.97. The highest BCUT2D eigenvalue weighted by Crippen LogP contribution is 2.42. The molecule has 1 aromatic carbocycles.